The third-order valence-electron chi connectivity index (χ3n) is 3.43. The van der Waals surface area contributed by atoms with Crippen LogP contribution in [-0.4, -0.2) is 38.9 Å². The zero-order chi connectivity index (χ0) is 13.9. The maximum atomic E-state index is 4.27. The molecular formula is C13H17BrN6. The summed E-state index contributed by atoms with van der Waals surface area (Å²) in [4.78, 5) is 10.9. The summed E-state index contributed by atoms with van der Waals surface area (Å²) in [6, 6.07) is 0.366. The molecule has 0 saturated carbocycles. The van der Waals surface area contributed by atoms with Crippen molar-refractivity contribution in [1.29, 1.82) is 0 Å². The highest BCUT2D eigenvalue weighted by Crippen LogP contribution is 2.20. The molecule has 3 heterocycles. The van der Waals surface area contributed by atoms with Crippen molar-refractivity contribution in [2.45, 2.75) is 18.9 Å². The van der Waals surface area contributed by atoms with E-state index in [0.717, 1.165) is 30.4 Å². The van der Waals surface area contributed by atoms with Crippen LogP contribution in [0.4, 0.5) is 11.6 Å². The molecule has 1 atom stereocenters. The summed E-state index contributed by atoms with van der Waals surface area (Å²) < 4.78 is 2.73. The van der Waals surface area contributed by atoms with E-state index in [4.69, 9.17) is 0 Å². The number of aromatic nitrogens is 4. The van der Waals surface area contributed by atoms with E-state index in [9.17, 15) is 0 Å². The van der Waals surface area contributed by atoms with Gasteiger partial charge in [-0.05, 0) is 28.8 Å². The van der Waals surface area contributed by atoms with Crippen LogP contribution in [-0.2, 0) is 7.05 Å². The Bertz CT molecular complexity index is 566. The van der Waals surface area contributed by atoms with Gasteiger partial charge in [-0.1, -0.05) is 0 Å². The zero-order valence-electron chi connectivity index (χ0n) is 11.3. The third kappa shape index (κ3) is 3.09. The number of anilines is 2. The monoisotopic (exact) mass is 336 g/mol. The SMILES string of the molecule is Cn1cc(N2CCCC(Nc3ncc(Br)cn3)C2)cn1. The Hall–Kier alpha value is -1.63. The van der Waals surface area contributed by atoms with Crippen LogP contribution in [0, 0.1) is 0 Å². The van der Waals surface area contributed by atoms with Gasteiger partial charge in [-0.25, -0.2) is 9.97 Å². The maximum absolute atomic E-state index is 4.27. The minimum absolute atomic E-state index is 0.366. The Balaban J connectivity index is 1.64. The van der Waals surface area contributed by atoms with E-state index in [1.165, 1.54) is 5.69 Å². The van der Waals surface area contributed by atoms with Crippen molar-refractivity contribution in [3.8, 4) is 0 Å². The molecule has 0 aliphatic carbocycles. The maximum Gasteiger partial charge on any atom is 0.222 e. The first kappa shape index (κ1) is 13.4. The van der Waals surface area contributed by atoms with Gasteiger partial charge in [0.25, 0.3) is 0 Å². The molecule has 106 valence electrons. The molecular weight excluding hydrogens is 320 g/mol. The van der Waals surface area contributed by atoms with Crippen molar-refractivity contribution in [3.05, 3.63) is 29.3 Å². The molecule has 7 heteroatoms. The van der Waals surface area contributed by atoms with Crippen LogP contribution in [0.15, 0.2) is 29.3 Å². The summed E-state index contributed by atoms with van der Waals surface area (Å²) in [7, 11) is 1.94. The van der Waals surface area contributed by atoms with Gasteiger partial charge in [-0.15, -0.1) is 0 Å². The lowest BCUT2D eigenvalue weighted by Crippen LogP contribution is -2.42. The van der Waals surface area contributed by atoms with Gasteiger partial charge in [0.1, 0.15) is 0 Å². The molecule has 0 spiro atoms. The van der Waals surface area contributed by atoms with Crippen molar-refractivity contribution >= 4 is 27.6 Å². The van der Waals surface area contributed by atoms with Crippen LogP contribution in [0.2, 0.25) is 0 Å². The third-order valence-corrected chi connectivity index (χ3v) is 3.84. The van der Waals surface area contributed by atoms with Crippen molar-refractivity contribution in [2.24, 2.45) is 7.05 Å². The molecule has 1 aliphatic rings. The summed E-state index contributed by atoms with van der Waals surface area (Å²) in [5.74, 6) is 0.686. The van der Waals surface area contributed by atoms with E-state index in [-0.39, 0.29) is 0 Å². The van der Waals surface area contributed by atoms with Crippen molar-refractivity contribution in [1.82, 2.24) is 19.7 Å². The second-order valence-corrected chi connectivity index (χ2v) is 5.94. The number of rotatable bonds is 3. The quantitative estimate of drug-likeness (QED) is 0.929. The van der Waals surface area contributed by atoms with Gasteiger partial charge in [0.2, 0.25) is 5.95 Å². The number of hydrogen-bond acceptors (Lipinski definition) is 5. The van der Waals surface area contributed by atoms with Gasteiger partial charge >= 0.3 is 0 Å². The van der Waals surface area contributed by atoms with E-state index in [1.54, 1.807) is 12.4 Å². The number of aryl methyl sites for hydroxylation is 1. The Morgan fingerprint density at radius 1 is 1.30 bits per heavy atom. The second kappa shape index (κ2) is 5.78. The molecule has 1 aliphatic heterocycles. The van der Waals surface area contributed by atoms with Gasteiger partial charge in [0.05, 0.1) is 16.4 Å². The van der Waals surface area contributed by atoms with Crippen molar-refractivity contribution < 1.29 is 0 Å². The van der Waals surface area contributed by atoms with Gasteiger partial charge in [-0.3, -0.25) is 4.68 Å². The first-order chi connectivity index (χ1) is 9.70. The molecule has 0 aromatic carbocycles. The Morgan fingerprint density at radius 3 is 2.80 bits per heavy atom. The highest BCUT2D eigenvalue weighted by Gasteiger charge is 2.21. The van der Waals surface area contributed by atoms with E-state index in [0.29, 0.717) is 12.0 Å². The lowest BCUT2D eigenvalue weighted by molar-refractivity contribution is 0.527. The number of hydrogen-bond donors (Lipinski definition) is 1. The zero-order valence-corrected chi connectivity index (χ0v) is 12.9. The van der Waals surface area contributed by atoms with Crippen LogP contribution in [0.3, 0.4) is 0 Å². The lowest BCUT2D eigenvalue weighted by atomic mass is 10.1. The minimum atomic E-state index is 0.366. The summed E-state index contributed by atoms with van der Waals surface area (Å²) in [5, 5.41) is 7.64. The first-order valence-corrected chi connectivity index (χ1v) is 7.48. The molecule has 2 aromatic rings. The van der Waals surface area contributed by atoms with Gasteiger partial charge in [0, 0.05) is 44.8 Å². The highest BCUT2D eigenvalue weighted by atomic mass is 79.9. The molecule has 2 aromatic heterocycles. The highest BCUT2D eigenvalue weighted by molar-refractivity contribution is 9.10. The first-order valence-electron chi connectivity index (χ1n) is 6.68. The number of nitrogens with one attached hydrogen (secondary N) is 1. The predicted molar refractivity (Wildman–Crippen MR) is 81.8 cm³/mol. The van der Waals surface area contributed by atoms with Gasteiger partial charge in [-0.2, -0.15) is 5.10 Å². The number of halogens is 1. The molecule has 1 fully saturated rings. The fourth-order valence-electron chi connectivity index (χ4n) is 2.47. The minimum Gasteiger partial charge on any atom is -0.367 e. The Labute approximate surface area is 126 Å². The number of piperidine rings is 1. The van der Waals surface area contributed by atoms with E-state index < -0.39 is 0 Å². The van der Waals surface area contributed by atoms with Crippen LogP contribution >= 0.6 is 15.9 Å². The average Bonchev–Trinajstić information content (AvgIpc) is 2.89. The molecule has 1 N–H and O–H groups in total. The molecule has 1 saturated heterocycles. The normalized spacial score (nSPS) is 19.1. The lowest BCUT2D eigenvalue weighted by Gasteiger charge is -2.33. The fraction of sp³-hybridized carbons (Fsp3) is 0.462. The predicted octanol–water partition coefficient (Wildman–Crippen LogP) is 2.05. The molecule has 20 heavy (non-hydrogen) atoms. The summed E-state index contributed by atoms with van der Waals surface area (Å²) in [6.07, 6.45) is 9.78. The molecule has 6 nitrogen and oxygen atoms in total. The van der Waals surface area contributed by atoms with E-state index in [1.807, 2.05) is 17.9 Å². The molecule has 0 amide bonds. The fourth-order valence-corrected chi connectivity index (χ4v) is 2.68. The van der Waals surface area contributed by atoms with Gasteiger partial charge in [0.15, 0.2) is 0 Å². The van der Waals surface area contributed by atoms with Crippen LogP contribution < -0.4 is 10.2 Å². The smallest absolute Gasteiger partial charge is 0.222 e. The van der Waals surface area contributed by atoms with Crippen LogP contribution in [0.25, 0.3) is 0 Å². The van der Waals surface area contributed by atoms with Gasteiger partial charge < -0.3 is 10.2 Å². The molecule has 3 rings (SSSR count). The number of nitrogens with zero attached hydrogens (tertiary/aromatic N) is 5. The average molecular weight is 337 g/mol. The molecule has 0 bridgehead atoms. The Kier molecular flexibility index (Phi) is 3.86. The van der Waals surface area contributed by atoms with Crippen molar-refractivity contribution in [2.75, 3.05) is 23.3 Å². The largest absolute Gasteiger partial charge is 0.367 e. The Morgan fingerprint density at radius 2 is 2.10 bits per heavy atom. The summed E-state index contributed by atoms with van der Waals surface area (Å²) in [5.41, 5.74) is 1.18. The van der Waals surface area contributed by atoms with Crippen molar-refractivity contribution in [3.63, 3.8) is 0 Å². The van der Waals surface area contributed by atoms with E-state index in [2.05, 4.69) is 47.4 Å². The molecule has 1 unspecified atom stereocenters. The summed E-state index contributed by atoms with van der Waals surface area (Å²) >= 11 is 3.34. The summed E-state index contributed by atoms with van der Waals surface area (Å²) in [6.45, 7) is 2.02. The van der Waals surface area contributed by atoms with E-state index >= 15 is 0 Å². The van der Waals surface area contributed by atoms with Crippen LogP contribution in [0.5, 0.6) is 0 Å². The molecule has 0 radical (unpaired) electrons. The standard InChI is InChI=1S/C13H17BrN6/c1-19-9-12(7-17-19)20-4-2-3-11(8-20)18-13-15-5-10(14)6-16-13/h5-7,9,11H,2-4,8H2,1H3,(H,15,16,18). The van der Waals surface area contributed by atoms with Crippen LogP contribution in [0.1, 0.15) is 12.8 Å². The second-order valence-electron chi connectivity index (χ2n) is 5.03. The topological polar surface area (TPSA) is 58.9 Å².